The van der Waals surface area contributed by atoms with Crippen molar-refractivity contribution >= 4 is 17.5 Å². The molecule has 1 aliphatic rings. The number of carbonyl (C=O) groups is 2. The largest absolute Gasteiger partial charge is 0.495 e. The summed E-state index contributed by atoms with van der Waals surface area (Å²) in [4.78, 5) is 26.9. The third-order valence-electron chi connectivity index (χ3n) is 4.75. The van der Waals surface area contributed by atoms with Crippen LogP contribution in [-0.2, 0) is 4.79 Å². The standard InChI is InChI=1S/C21H25N3O3/c1-27-19-10-9-16(21(26)24-11-5-6-12-24)13-18(19)23-20(25)14-17(22)15-7-3-2-4-8-15/h2-4,7-10,13,17H,5-6,11-12,14,22H2,1H3,(H,23,25). The fourth-order valence-electron chi connectivity index (χ4n) is 3.26. The summed E-state index contributed by atoms with van der Waals surface area (Å²) in [6.07, 6.45) is 2.20. The van der Waals surface area contributed by atoms with E-state index in [0.717, 1.165) is 31.5 Å². The maximum absolute atomic E-state index is 12.6. The first-order chi connectivity index (χ1) is 13.1. The van der Waals surface area contributed by atoms with Gasteiger partial charge in [-0.15, -0.1) is 0 Å². The van der Waals surface area contributed by atoms with Crippen molar-refractivity contribution in [3.63, 3.8) is 0 Å². The van der Waals surface area contributed by atoms with Crippen molar-refractivity contribution < 1.29 is 14.3 Å². The molecule has 0 saturated carbocycles. The van der Waals surface area contributed by atoms with Gasteiger partial charge in [0.15, 0.2) is 0 Å². The number of amides is 2. The molecule has 1 saturated heterocycles. The topological polar surface area (TPSA) is 84.7 Å². The van der Waals surface area contributed by atoms with E-state index in [1.807, 2.05) is 35.2 Å². The quantitative estimate of drug-likeness (QED) is 0.822. The number of hydrogen-bond acceptors (Lipinski definition) is 4. The summed E-state index contributed by atoms with van der Waals surface area (Å²) < 4.78 is 5.33. The molecule has 1 fully saturated rings. The highest BCUT2D eigenvalue weighted by Crippen LogP contribution is 2.27. The lowest BCUT2D eigenvalue weighted by atomic mass is 10.0. The molecule has 0 bridgehead atoms. The minimum absolute atomic E-state index is 0.0216. The first kappa shape index (κ1) is 18.9. The Morgan fingerprint density at radius 3 is 2.52 bits per heavy atom. The predicted octanol–water partition coefficient (Wildman–Crippen LogP) is 2.96. The van der Waals surface area contributed by atoms with E-state index in [-0.39, 0.29) is 18.2 Å². The van der Waals surface area contributed by atoms with Gasteiger partial charge in [0.25, 0.3) is 5.91 Å². The molecule has 2 aromatic rings. The summed E-state index contributed by atoms with van der Waals surface area (Å²) in [5.41, 5.74) is 8.05. The summed E-state index contributed by atoms with van der Waals surface area (Å²) in [7, 11) is 1.53. The fourth-order valence-corrected chi connectivity index (χ4v) is 3.26. The highest BCUT2D eigenvalue weighted by Gasteiger charge is 2.21. The van der Waals surface area contributed by atoms with E-state index < -0.39 is 6.04 Å². The van der Waals surface area contributed by atoms with Gasteiger partial charge in [-0.05, 0) is 36.6 Å². The van der Waals surface area contributed by atoms with Crippen LogP contribution in [0, 0.1) is 0 Å². The number of nitrogens with one attached hydrogen (secondary N) is 1. The molecule has 142 valence electrons. The number of nitrogens with zero attached hydrogens (tertiary/aromatic N) is 1. The average Bonchev–Trinajstić information content (AvgIpc) is 3.22. The van der Waals surface area contributed by atoms with Crippen LogP contribution >= 0.6 is 0 Å². The predicted molar refractivity (Wildman–Crippen MR) is 105 cm³/mol. The van der Waals surface area contributed by atoms with Gasteiger partial charge in [-0.1, -0.05) is 30.3 Å². The second kappa shape index (κ2) is 8.68. The number of carbonyl (C=O) groups excluding carboxylic acids is 2. The SMILES string of the molecule is COc1ccc(C(=O)N2CCCC2)cc1NC(=O)CC(N)c1ccccc1. The highest BCUT2D eigenvalue weighted by atomic mass is 16.5. The number of hydrogen-bond donors (Lipinski definition) is 2. The zero-order valence-corrected chi connectivity index (χ0v) is 15.5. The Labute approximate surface area is 159 Å². The number of methoxy groups -OCH3 is 1. The van der Waals surface area contributed by atoms with Gasteiger partial charge in [-0.25, -0.2) is 0 Å². The van der Waals surface area contributed by atoms with Crippen LogP contribution in [0.5, 0.6) is 5.75 Å². The number of benzene rings is 2. The summed E-state index contributed by atoms with van der Waals surface area (Å²) in [5, 5.41) is 2.83. The summed E-state index contributed by atoms with van der Waals surface area (Å²) in [6.45, 7) is 1.55. The van der Waals surface area contributed by atoms with Crippen LogP contribution in [0.4, 0.5) is 5.69 Å². The molecule has 0 aromatic heterocycles. The van der Waals surface area contributed by atoms with E-state index in [1.54, 1.807) is 18.2 Å². The highest BCUT2D eigenvalue weighted by molar-refractivity contribution is 5.98. The van der Waals surface area contributed by atoms with Gasteiger partial charge in [0.2, 0.25) is 5.91 Å². The minimum Gasteiger partial charge on any atom is -0.495 e. The molecule has 1 aliphatic heterocycles. The molecule has 0 spiro atoms. The lowest BCUT2D eigenvalue weighted by Crippen LogP contribution is -2.27. The molecule has 27 heavy (non-hydrogen) atoms. The average molecular weight is 367 g/mol. The Bertz CT molecular complexity index is 802. The van der Waals surface area contributed by atoms with E-state index in [4.69, 9.17) is 10.5 Å². The molecule has 2 aromatic carbocycles. The summed E-state index contributed by atoms with van der Waals surface area (Å²) in [6, 6.07) is 14.2. The third kappa shape index (κ3) is 4.65. The zero-order chi connectivity index (χ0) is 19.2. The summed E-state index contributed by atoms with van der Waals surface area (Å²) >= 11 is 0. The molecule has 1 unspecified atom stereocenters. The van der Waals surface area contributed by atoms with Crippen molar-refractivity contribution in [1.29, 1.82) is 0 Å². The van der Waals surface area contributed by atoms with Crippen molar-refractivity contribution in [2.75, 3.05) is 25.5 Å². The molecule has 2 amide bonds. The molecular weight excluding hydrogens is 342 g/mol. The Balaban J connectivity index is 1.71. The van der Waals surface area contributed by atoms with Gasteiger partial charge >= 0.3 is 0 Å². The first-order valence-corrected chi connectivity index (χ1v) is 9.16. The normalized spacial score (nSPS) is 14.7. The smallest absolute Gasteiger partial charge is 0.253 e. The van der Waals surface area contributed by atoms with Crippen LogP contribution in [0.25, 0.3) is 0 Å². The molecule has 0 radical (unpaired) electrons. The van der Waals surface area contributed by atoms with E-state index in [0.29, 0.717) is 17.0 Å². The van der Waals surface area contributed by atoms with Crippen LogP contribution in [0.1, 0.15) is 41.2 Å². The van der Waals surface area contributed by atoms with E-state index >= 15 is 0 Å². The third-order valence-corrected chi connectivity index (χ3v) is 4.75. The molecule has 1 heterocycles. The van der Waals surface area contributed by atoms with Crippen LogP contribution < -0.4 is 15.8 Å². The van der Waals surface area contributed by atoms with Gasteiger partial charge in [-0.2, -0.15) is 0 Å². The molecule has 6 nitrogen and oxygen atoms in total. The lowest BCUT2D eigenvalue weighted by Gasteiger charge is -2.18. The molecular formula is C21H25N3O3. The van der Waals surface area contributed by atoms with Gasteiger partial charge < -0.3 is 20.7 Å². The Morgan fingerprint density at radius 1 is 1.15 bits per heavy atom. The second-order valence-corrected chi connectivity index (χ2v) is 6.68. The second-order valence-electron chi connectivity index (χ2n) is 6.68. The van der Waals surface area contributed by atoms with Gasteiger partial charge in [-0.3, -0.25) is 9.59 Å². The van der Waals surface area contributed by atoms with Gasteiger partial charge in [0.05, 0.1) is 12.8 Å². The van der Waals surface area contributed by atoms with Crippen LogP contribution in [0.15, 0.2) is 48.5 Å². The number of ether oxygens (including phenoxy) is 1. The lowest BCUT2D eigenvalue weighted by molar-refractivity contribution is -0.116. The van der Waals surface area contributed by atoms with Crippen LogP contribution in [0.2, 0.25) is 0 Å². The maximum atomic E-state index is 12.6. The van der Waals surface area contributed by atoms with Crippen molar-refractivity contribution in [2.45, 2.75) is 25.3 Å². The van der Waals surface area contributed by atoms with Gasteiger partial charge in [0, 0.05) is 31.1 Å². The zero-order valence-electron chi connectivity index (χ0n) is 15.5. The van der Waals surface area contributed by atoms with Crippen LogP contribution in [0.3, 0.4) is 0 Å². The Kier molecular flexibility index (Phi) is 6.08. The molecule has 6 heteroatoms. The Hall–Kier alpha value is -2.86. The van der Waals surface area contributed by atoms with E-state index in [9.17, 15) is 9.59 Å². The number of anilines is 1. The van der Waals surface area contributed by atoms with E-state index in [1.165, 1.54) is 7.11 Å². The van der Waals surface area contributed by atoms with Crippen LogP contribution in [-0.4, -0.2) is 36.9 Å². The van der Waals surface area contributed by atoms with Crippen molar-refractivity contribution in [1.82, 2.24) is 4.90 Å². The fraction of sp³-hybridized carbons (Fsp3) is 0.333. The van der Waals surface area contributed by atoms with Crippen molar-refractivity contribution in [3.05, 3.63) is 59.7 Å². The van der Waals surface area contributed by atoms with E-state index in [2.05, 4.69) is 5.32 Å². The van der Waals surface area contributed by atoms with Gasteiger partial charge in [0.1, 0.15) is 5.75 Å². The molecule has 1 atom stereocenters. The number of rotatable bonds is 6. The van der Waals surface area contributed by atoms with Crippen molar-refractivity contribution in [2.24, 2.45) is 5.73 Å². The molecule has 3 N–H and O–H groups in total. The maximum Gasteiger partial charge on any atom is 0.253 e. The summed E-state index contributed by atoms with van der Waals surface area (Å²) in [5.74, 6) is 0.261. The monoisotopic (exact) mass is 367 g/mol. The molecule has 3 rings (SSSR count). The minimum atomic E-state index is -0.397. The Morgan fingerprint density at radius 2 is 1.85 bits per heavy atom. The molecule has 0 aliphatic carbocycles. The number of nitrogens with two attached hydrogens (primary N) is 1. The first-order valence-electron chi connectivity index (χ1n) is 9.16. The van der Waals surface area contributed by atoms with Crippen molar-refractivity contribution in [3.8, 4) is 5.75 Å². The number of likely N-dealkylation sites (tertiary alicyclic amines) is 1.